The molecule has 10 heteroatoms. The van der Waals surface area contributed by atoms with Gasteiger partial charge < -0.3 is 18.9 Å². The van der Waals surface area contributed by atoms with Crippen molar-refractivity contribution in [3.63, 3.8) is 0 Å². The Bertz CT molecular complexity index is 1060. The minimum absolute atomic E-state index is 0.00169. The van der Waals surface area contributed by atoms with Crippen LogP contribution in [0.4, 0.5) is 0 Å². The Balaban J connectivity index is 1.51. The van der Waals surface area contributed by atoms with Crippen molar-refractivity contribution in [2.45, 2.75) is 19.9 Å². The third-order valence-corrected chi connectivity index (χ3v) is 4.47. The van der Waals surface area contributed by atoms with Gasteiger partial charge in [-0.2, -0.15) is 4.80 Å². The number of tetrazole rings is 1. The molecule has 3 aromatic rings. The van der Waals surface area contributed by atoms with Crippen LogP contribution in [0.25, 0.3) is 11.4 Å². The van der Waals surface area contributed by atoms with Gasteiger partial charge in [-0.1, -0.05) is 0 Å². The second kappa shape index (κ2) is 10.9. The molecule has 3 rings (SSSR count). The third kappa shape index (κ3) is 5.81. The van der Waals surface area contributed by atoms with Crippen LogP contribution in [0, 0.1) is 0 Å². The highest BCUT2D eigenvalue weighted by atomic mass is 16.5. The molecular formula is C22H24N4O6. The van der Waals surface area contributed by atoms with Gasteiger partial charge in [0.25, 0.3) is 0 Å². The summed E-state index contributed by atoms with van der Waals surface area (Å²) in [7, 11) is 3.09. The molecule has 0 radical (unpaired) electrons. The molecule has 0 aliphatic rings. The summed E-state index contributed by atoms with van der Waals surface area (Å²) < 4.78 is 20.9. The van der Waals surface area contributed by atoms with Crippen molar-refractivity contribution < 1.29 is 28.5 Å². The van der Waals surface area contributed by atoms with E-state index in [0.29, 0.717) is 40.8 Å². The largest absolute Gasteiger partial charge is 0.497 e. The summed E-state index contributed by atoms with van der Waals surface area (Å²) in [6, 6.07) is 11.9. The van der Waals surface area contributed by atoms with E-state index in [4.69, 9.17) is 18.9 Å². The topological polar surface area (TPSA) is 115 Å². The van der Waals surface area contributed by atoms with Gasteiger partial charge in [0, 0.05) is 11.1 Å². The quantitative estimate of drug-likeness (QED) is 0.328. The first-order chi connectivity index (χ1) is 15.5. The maximum Gasteiger partial charge on any atom is 0.308 e. The van der Waals surface area contributed by atoms with Gasteiger partial charge in [-0.3, -0.25) is 9.59 Å². The number of hydrogen-bond acceptors (Lipinski definition) is 9. The number of hydrogen-bond donors (Lipinski definition) is 0. The van der Waals surface area contributed by atoms with Gasteiger partial charge in [-0.15, -0.1) is 10.2 Å². The Hall–Kier alpha value is -3.95. The lowest BCUT2D eigenvalue weighted by Gasteiger charge is -2.09. The molecule has 0 spiro atoms. The maximum atomic E-state index is 12.1. The van der Waals surface area contributed by atoms with Crippen molar-refractivity contribution in [2.24, 2.45) is 0 Å². The average Bonchev–Trinajstić information content (AvgIpc) is 3.30. The highest BCUT2D eigenvalue weighted by molar-refractivity contribution is 5.98. The van der Waals surface area contributed by atoms with Crippen LogP contribution in [-0.2, 0) is 16.1 Å². The van der Waals surface area contributed by atoms with Crippen molar-refractivity contribution >= 4 is 11.8 Å². The van der Waals surface area contributed by atoms with E-state index in [0.717, 1.165) is 0 Å². The van der Waals surface area contributed by atoms with E-state index >= 15 is 0 Å². The number of aryl methyl sites for hydroxylation is 1. The molecule has 0 aliphatic heterocycles. The first kappa shape index (κ1) is 22.7. The molecule has 168 valence electrons. The van der Waals surface area contributed by atoms with Gasteiger partial charge >= 0.3 is 5.97 Å². The molecule has 0 saturated carbocycles. The fourth-order valence-corrected chi connectivity index (χ4v) is 2.80. The lowest BCUT2D eigenvalue weighted by Crippen LogP contribution is -2.16. The molecule has 1 heterocycles. The van der Waals surface area contributed by atoms with Gasteiger partial charge in [0.05, 0.1) is 33.8 Å². The minimum Gasteiger partial charge on any atom is -0.497 e. The predicted molar refractivity (Wildman–Crippen MR) is 114 cm³/mol. The normalized spacial score (nSPS) is 10.5. The number of benzene rings is 2. The molecule has 0 fully saturated rings. The summed E-state index contributed by atoms with van der Waals surface area (Å²) in [6.45, 7) is 2.23. The van der Waals surface area contributed by atoms with E-state index in [2.05, 4.69) is 15.4 Å². The van der Waals surface area contributed by atoms with E-state index < -0.39 is 5.97 Å². The Morgan fingerprint density at radius 2 is 1.78 bits per heavy atom. The van der Waals surface area contributed by atoms with Gasteiger partial charge in [0.2, 0.25) is 5.82 Å². The maximum absolute atomic E-state index is 12.1. The third-order valence-electron chi connectivity index (χ3n) is 4.47. The molecule has 10 nitrogen and oxygen atoms in total. The van der Waals surface area contributed by atoms with E-state index in [1.807, 2.05) is 6.92 Å². The molecule has 0 amide bonds. The average molecular weight is 440 g/mol. The van der Waals surface area contributed by atoms with Crippen molar-refractivity contribution in [1.29, 1.82) is 0 Å². The summed E-state index contributed by atoms with van der Waals surface area (Å²) in [5.41, 5.74) is 1.14. The summed E-state index contributed by atoms with van der Waals surface area (Å²) in [4.78, 5) is 25.4. The van der Waals surface area contributed by atoms with Crippen molar-refractivity contribution in [3.05, 3.63) is 48.0 Å². The zero-order chi connectivity index (χ0) is 22.9. The molecule has 0 atom stereocenters. The minimum atomic E-state index is -0.534. The van der Waals surface area contributed by atoms with Crippen LogP contribution in [0.3, 0.4) is 0 Å². The number of rotatable bonds is 11. The number of methoxy groups -OCH3 is 2. The Morgan fingerprint density at radius 1 is 1.00 bits per heavy atom. The Morgan fingerprint density at radius 3 is 2.47 bits per heavy atom. The van der Waals surface area contributed by atoms with Gasteiger partial charge in [-0.25, -0.2) is 0 Å². The fourth-order valence-electron chi connectivity index (χ4n) is 2.80. The predicted octanol–water partition coefficient (Wildman–Crippen LogP) is 2.57. The molecule has 2 aromatic carbocycles. The highest BCUT2D eigenvalue weighted by Crippen LogP contribution is 2.31. The summed E-state index contributed by atoms with van der Waals surface area (Å²) in [5.74, 6) is 1.38. The second-order valence-electron chi connectivity index (χ2n) is 6.57. The molecule has 0 bridgehead atoms. The first-order valence-electron chi connectivity index (χ1n) is 9.96. The molecular weight excluding hydrogens is 416 g/mol. The molecule has 0 saturated heterocycles. The van der Waals surface area contributed by atoms with Crippen LogP contribution in [0.2, 0.25) is 0 Å². The smallest absolute Gasteiger partial charge is 0.308 e. The van der Waals surface area contributed by atoms with Crippen LogP contribution < -0.4 is 14.2 Å². The zero-order valence-corrected chi connectivity index (χ0v) is 18.1. The number of esters is 1. The lowest BCUT2D eigenvalue weighted by atomic mass is 10.1. The van der Waals surface area contributed by atoms with Crippen LogP contribution in [0.15, 0.2) is 42.5 Å². The number of ether oxygens (including phenoxy) is 4. The zero-order valence-electron chi connectivity index (χ0n) is 18.1. The molecule has 1 aromatic heterocycles. The number of Topliss-reactive ketones (excluding diaryl/α,β-unsaturated/α-hetero) is 1. The van der Waals surface area contributed by atoms with E-state index in [-0.39, 0.29) is 25.4 Å². The van der Waals surface area contributed by atoms with Crippen LogP contribution in [0.5, 0.6) is 17.2 Å². The highest BCUT2D eigenvalue weighted by Gasteiger charge is 2.13. The SMILES string of the molecule is CCOc1ccc(-c2nnn(CCC(=O)OCC(=O)c3ccc(OC)cc3)n2)cc1OC. The number of carbonyl (C=O) groups is 2. The van der Waals surface area contributed by atoms with Gasteiger partial charge in [-0.05, 0) is 54.6 Å². The van der Waals surface area contributed by atoms with Gasteiger partial charge in [0.1, 0.15) is 5.75 Å². The lowest BCUT2D eigenvalue weighted by molar-refractivity contribution is -0.142. The molecule has 0 aliphatic carbocycles. The molecule has 32 heavy (non-hydrogen) atoms. The number of aromatic nitrogens is 4. The Kier molecular flexibility index (Phi) is 7.74. The number of carbonyl (C=O) groups excluding carboxylic acids is 2. The molecule has 0 unspecified atom stereocenters. The van der Waals surface area contributed by atoms with Crippen LogP contribution in [-0.4, -0.2) is 59.4 Å². The van der Waals surface area contributed by atoms with E-state index in [1.54, 1.807) is 56.7 Å². The summed E-state index contributed by atoms with van der Waals surface area (Å²) in [6.07, 6.45) is -0.00169. The van der Waals surface area contributed by atoms with Crippen LogP contribution >= 0.6 is 0 Å². The first-order valence-corrected chi connectivity index (χ1v) is 9.96. The standard InChI is InChI=1S/C22H24N4O6/c1-4-31-19-10-7-16(13-20(19)30-3)22-23-25-26(24-22)12-11-21(28)32-14-18(27)15-5-8-17(29-2)9-6-15/h5-10,13H,4,11-12,14H2,1-3H3. The van der Waals surface area contributed by atoms with E-state index in [1.165, 1.54) is 4.80 Å². The van der Waals surface area contributed by atoms with Crippen molar-refractivity contribution in [1.82, 2.24) is 20.2 Å². The van der Waals surface area contributed by atoms with Crippen LogP contribution in [0.1, 0.15) is 23.7 Å². The number of ketones is 1. The molecule has 0 N–H and O–H groups in total. The fraction of sp³-hybridized carbons (Fsp3) is 0.318. The van der Waals surface area contributed by atoms with Crippen molar-refractivity contribution in [2.75, 3.05) is 27.4 Å². The second-order valence-corrected chi connectivity index (χ2v) is 6.57. The summed E-state index contributed by atoms with van der Waals surface area (Å²) >= 11 is 0. The Labute approximate surface area is 185 Å². The van der Waals surface area contributed by atoms with Gasteiger partial charge in [0.15, 0.2) is 23.9 Å². The monoisotopic (exact) mass is 440 g/mol. The number of nitrogens with zero attached hydrogens (tertiary/aromatic N) is 4. The van der Waals surface area contributed by atoms with E-state index in [9.17, 15) is 9.59 Å². The van der Waals surface area contributed by atoms with Crippen molar-refractivity contribution in [3.8, 4) is 28.6 Å². The summed E-state index contributed by atoms with van der Waals surface area (Å²) in [5, 5.41) is 12.2.